The van der Waals surface area contributed by atoms with Crippen molar-refractivity contribution >= 4 is 21.4 Å². The molecule has 0 saturated carbocycles. The second kappa shape index (κ2) is 5.91. The summed E-state index contributed by atoms with van der Waals surface area (Å²) < 4.78 is 27.3. The third-order valence-corrected chi connectivity index (χ3v) is 6.94. The Morgan fingerprint density at radius 1 is 1.47 bits per heavy atom. The fourth-order valence-corrected chi connectivity index (χ4v) is 5.66. The molecule has 4 nitrogen and oxygen atoms in total. The lowest BCUT2D eigenvalue weighted by Crippen LogP contribution is -2.33. The van der Waals surface area contributed by atoms with Crippen molar-refractivity contribution in [2.45, 2.75) is 44.0 Å². The van der Waals surface area contributed by atoms with E-state index in [9.17, 15) is 8.42 Å². The van der Waals surface area contributed by atoms with Crippen LogP contribution in [-0.4, -0.2) is 31.9 Å². The molecule has 6 heteroatoms. The van der Waals surface area contributed by atoms with E-state index in [4.69, 9.17) is 0 Å². The summed E-state index contributed by atoms with van der Waals surface area (Å²) in [4.78, 5) is 0. The minimum absolute atomic E-state index is 0.110. The SMILES string of the molecule is CCNCc1csc(S(=O)(=O)N2CC(C)CC2C)c1. The van der Waals surface area contributed by atoms with Crippen LogP contribution in [0.15, 0.2) is 15.7 Å². The Morgan fingerprint density at radius 3 is 2.79 bits per heavy atom. The minimum atomic E-state index is -3.30. The van der Waals surface area contributed by atoms with E-state index < -0.39 is 10.0 Å². The third kappa shape index (κ3) is 3.18. The number of nitrogens with zero attached hydrogens (tertiary/aromatic N) is 1. The number of nitrogens with one attached hydrogen (secondary N) is 1. The summed E-state index contributed by atoms with van der Waals surface area (Å²) in [6.45, 7) is 8.40. The van der Waals surface area contributed by atoms with Crippen LogP contribution in [0, 0.1) is 5.92 Å². The van der Waals surface area contributed by atoms with Gasteiger partial charge in [0.25, 0.3) is 10.0 Å². The first kappa shape index (κ1) is 15.0. The summed E-state index contributed by atoms with van der Waals surface area (Å²) >= 11 is 1.33. The number of thiophene rings is 1. The van der Waals surface area contributed by atoms with E-state index in [0.717, 1.165) is 25.1 Å². The molecule has 0 radical (unpaired) electrons. The molecule has 1 aliphatic rings. The second-order valence-corrected chi connectivity index (χ2v) is 8.35. The highest BCUT2D eigenvalue weighted by molar-refractivity contribution is 7.91. The molecule has 0 spiro atoms. The number of sulfonamides is 1. The standard InChI is InChI=1S/C13H22N2O2S2/c1-4-14-7-12-6-13(18-9-12)19(16,17)15-8-10(2)5-11(15)3/h6,9-11,14H,4-5,7-8H2,1-3H3. The fraction of sp³-hybridized carbons (Fsp3) is 0.692. The van der Waals surface area contributed by atoms with E-state index in [1.54, 1.807) is 10.4 Å². The number of rotatable bonds is 5. The summed E-state index contributed by atoms with van der Waals surface area (Å²) in [5, 5.41) is 5.14. The molecule has 2 heterocycles. The van der Waals surface area contributed by atoms with Gasteiger partial charge in [0.15, 0.2) is 0 Å². The van der Waals surface area contributed by atoms with Gasteiger partial charge in [0.2, 0.25) is 0 Å². The van der Waals surface area contributed by atoms with Gasteiger partial charge in [0.05, 0.1) is 0 Å². The molecule has 1 aliphatic heterocycles. The lowest BCUT2D eigenvalue weighted by atomic mass is 10.1. The molecule has 1 fully saturated rings. The maximum Gasteiger partial charge on any atom is 0.252 e. The van der Waals surface area contributed by atoms with Gasteiger partial charge in [-0.15, -0.1) is 11.3 Å². The first-order chi connectivity index (χ1) is 8.95. The van der Waals surface area contributed by atoms with Crippen LogP contribution >= 0.6 is 11.3 Å². The van der Waals surface area contributed by atoms with Gasteiger partial charge in [0, 0.05) is 19.1 Å². The van der Waals surface area contributed by atoms with Crippen molar-refractivity contribution in [3.05, 3.63) is 17.0 Å². The van der Waals surface area contributed by atoms with Crippen LogP contribution in [-0.2, 0) is 16.6 Å². The lowest BCUT2D eigenvalue weighted by molar-refractivity contribution is 0.407. The molecule has 19 heavy (non-hydrogen) atoms. The predicted molar refractivity (Wildman–Crippen MR) is 78.8 cm³/mol. The second-order valence-electron chi connectivity index (χ2n) is 5.32. The highest BCUT2D eigenvalue weighted by Crippen LogP contribution is 2.31. The fourth-order valence-electron chi connectivity index (χ4n) is 2.56. The van der Waals surface area contributed by atoms with Gasteiger partial charge in [-0.1, -0.05) is 13.8 Å². The molecule has 2 atom stereocenters. The molecule has 0 aliphatic carbocycles. The molecule has 1 saturated heterocycles. The van der Waals surface area contributed by atoms with E-state index in [0.29, 0.717) is 16.7 Å². The molecular weight excluding hydrogens is 280 g/mol. The molecular formula is C13H22N2O2S2. The van der Waals surface area contributed by atoms with Gasteiger partial charge in [-0.2, -0.15) is 4.31 Å². The molecule has 1 aromatic rings. The molecule has 1 aromatic heterocycles. The molecule has 0 amide bonds. The quantitative estimate of drug-likeness (QED) is 0.908. The predicted octanol–water partition coefficient (Wildman–Crippen LogP) is 2.28. The summed E-state index contributed by atoms with van der Waals surface area (Å²) in [6, 6.07) is 1.91. The Hall–Kier alpha value is -0.430. The lowest BCUT2D eigenvalue weighted by Gasteiger charge is -2.19. The normalized spacial score (nSPS) is 25.0. The van der Waals surface area contributed by atoms with Crippen LogP contribution in [0.1, 0.15) is 32.8 Å². The van der Waals surface area contributed by atoms with Crippen molar-refractivity contribution in [1.29, 1.82) is 0 Å². The van der Waals surface area contributed by atoms with E-state index >= 15 is 0 Å². The van der Waals surface area contributed by atoms with Crippen molar-refractivity contribution in [2.24, 2.45) is 5.92 Å². The van der Waals surface area contributed by atoms with Crippen molar-refractivity contribution in [2.75, 3.05) is 13.1 Å². The summed E-state index contributed by atoms with van der Waals surface area (Å²) in [7, 11) is -3.30. The van der Waals surface area contributed by atoms with E-state index in [2.05, 4.69) is 12.2 Å². The summed E-state index contributed by atoms with van der Waals surface area (Å²) in [6.07, 6.45) is 0.953. The zero-order valence-corrected chi connectivity index (χ0v) is 13.4. The Balaban J connectivity index is 2.17. The zero-order chi connectivity index (χ0) is 14.0. The first-order valence-corrected chi connectivity index (χ1v) is 9.07. The van der Waals surface area contributed by atoms with Crippen molar-refractivity contribution < 1.29 is 8.42 Å². The molecule has 108 valence electrons. The van der Waals surface area contributed by atoms with Gasteiger partial charge in [0.1, 0.15) is 4.21 Å². The maximum absolute atomic E-state index is 12.6. The molecule has 1 N–H and O–H groups in total. The van der Waals surface area contributed by atoms with Gasteiger partial charge in [-0.05, 0) is 42.8 Å². The minimum Gasteiger partial charge on any atom is -0.313 e. The molecule has 2 rings (SSSR count). The van der Waals surface area contributed by atoms with Crippen molar-refractivity contribution in [1.82, 2.24) is 9.62 Å². The maximum atomic E-state index is 12.6. The van der Waals surface area contributed by atoms with E-state index in [1.807, 2.05) is 19.2 Å². The van der Waals surface area contributed by atoms with Crippen LogP contribution in [0.3, 0.4) is 0 Å². The average Bonchev–Trinajstić information content (AvgIpc) is 2.93. The topological polar surface area (TPSA) is 49.4 Å². The van der Waals surface area contributed by atoms with Gasteiger partial charge in [-0.3, -0.25) is 0 Å². The number of hydrogen-bond donors (Lipinski definition) is 1. The summed E-state index contributed by atoms with van der Waals surface area (Å²) in [5.41, 5.74) is 1.05. The van der Waals surface area contributed by atoms with E-state index in [-0.39, 0.29) is 6.04 Å². The molecule has 0 aromatic carbocycles. The van der Waals surface area contributed by atoms with Crippen LogP contribution in [0.25, 0.3) is 0 Å². The Morgan fingerprint density at radius 2 is 2.21 bits per heavy atom. The van der Waals surface area contributed by atoms with Gasteiger partial charge < -0.3 is 5.32 Å². The van der Waals surface area contributed by atoms with Crippen LogP contribution in [0.5, 0.6) is 0 Å². The third-order valence-electron chi connectivity index (χ3n) is 3.50. The molecule has 2 unspecified atom stereocenters. The van der Waals surface area contributed by atoms with Crippen molar-refractivity contribution in [3.63, 3.8) is 0 Å². The highest BCUT2D eigenvalue weighted by Gasteiger charge is 2.36. The van der Waals surface area contributed by atoms with Gasteiger partial charge in [-0.25, -0.2) is 8.42 Å². The van der Waals surface area contributed by atoms with Gasteiger partial charge >= 0.3 is 0 Å². The molecule has 0 bridgehead atoms. The highest BCUT2D eigenvalue weighted by atomic mass is 32.2. The number of hydrogen-bond acceptors (Lipinski definition) is 4. The Labute approximate surface area is 119 Å². The monoisotopic (exact) mass is 302 g/mol. The average molecular weight is 302 g/mol. The van der Waals surface area contributed by atoms with Crippen LogP contribution in [0.2, 0.25) is 0 Å². The van der Waals surface area contributed by atoms with Crippen molar-refractivity contribution in [3.8, 4) is 0 Å². The largest absolute Gasteiger partial charge is 0.313 e. The Kier molecular flexibility index (Phi) is 4.66. The van der Waals surface area contributed by atoms with Crippen LogP contribution in [0.4, 0.5) is 0 Å². The zero-order valence-electron chi connectivity index (χ0n) is 11.7. The first-order valence-electron chi connectivity index (χ1n) is 6.75. The summed E-state index contributed by atoms with van der Waals surface area (Å²) in [5.74, 6) is 0.450. The van der Waals surface area contributed by atoms with Crippen LogP contribution < -0.4 is 5.32 Å². The Bertz CT molecular complexity index is 525. The smallest absolute Gasteiger partial charge is 0.252 e. The van der Waals surface area contributed by atoms with E-state index in [1.165, 1.54) is 11.3 Å².